The number of thioether (sulfide) groups is 1. The van der Waals surface area contributed by atoms with Gasteiger partial charge in [-0.2, -0.15) is 5.10 Å². The van der Waals surface area contributed by atoms with Crippen LogP contribution in [0.5, 0.6) is 0 Å². The van der Waals surface area contributed by atoms with Crippen LogP contribution >= 0.6 is 46.3 Å². The highest BCUT2D eigenvalue weighted by atomic mass is 35.5. The Morgan fingerprint density at radius 3 is 2.94 bits per heavy atom. The molecule has 0 spiro atoms. The van der Waals surface area contributed by atoms with E-state index >= 15 is 0 Å². The highest BCUT2D eigenvalue weighted by molar-refractivity contribution is 8.14. The minimum Gasteiger partial charge on any atom is -0.260 e. The molecule has 0 aliphatic carbocycles. The Morgan fingerprint density at radius 2 is 2.35 bits per heavy atom. The first-order valence-corrected chi connectivity index (χ1v) is 7.08. The second-order valence-electron chi connectivity index (χ2n) is 3.10. The number of amides is 1. The Labute approximate surface area is 117 Å². The third kappa shape index (κ3) is 2.78. The topological polar surface area (TPSA) is 32.7 Å². The SMILES string of the molecule is C#CCN1N=C(c2cc(Cl)sc2Cl)CSC1=O. The molecular formula is C10H6Cl2N2OS2. The summed E-state index contributed by atoms with van der Waals surface area (Å²) in [4.78, 5) is 11.5. The zero-order chi connectivity index (χ0) is 12.4. The van der Waals surface area contributed by atoms with Crippen molar-refractivity contribution in [3.8, 4) is 12.3 Å². The number of carbonyl (C=O) groups excluding carboxylic acids is 1. The van der Waals surface area contributed by atoms with Crippen molar-refractivity contribution in [2.75, 3.05) is 12.3 Å². The van der Waals surface area contributed by atoms with Gasteiger partial charge in [-0.15, -0.1) is 17.8 Å². The van der Waals surface area contributed by atoms with E-state index in [1.807, 2.05) is 0 Å². The van der Waals surface area contributed by atoms with E-state index in [-0.39, 0.29) is 11.8 Å². The fraction of sp³-hybridized carbons (Fsp3) is 0.200. The van der Waals surface area contributed by atoms with Crippen LogP contribution in [0.4, 0.5) is 4.79 Å². The molecule has 0 fully saturated rings. The highest BCUT2D eigenvalue weighted by Crippen LogP contribution is 2.33. The maximum Gasteiger partial charge on any atom is 0.303 e. The molecule has 2 heterocycles. The van der Waals surface area contributed by atoms with Crippen LogP contribution in [0.2, 0.25) is 8.67 Å². The van der Waals surface area contributed by atoms with Crippen LogP contribution < -0.4 is 0 Å². The first-order chi connectivity index (χ1) is 8.11. The molecule has 0 saturated heterocycles. The number of rotatable bonds is 2. The van der Waals surface area contributed by atoms with Crippen LogP contribution in [0.1, 0.15) is 5.56 Å². The van der Waals surface area contributed by atoms with E-state index in [0.29, 0.717) is 14.4 Å². The zero-order valence-electron chi connectivity index (χ0n) is 8.44. The maximum absolute atomic E-state index is 11.5. The normalized spacial score (nSPS) is 15.7. The highest BCUT2D eigenvalue weighted by Gasteiger charge is 2.23. The molecule has 0 aromatic carbocycles. The van der Waals surface area contributed by atoms with Gasteiger partial charge < -0.3 is 0 Å². The van der Waals surface area contributed by atoms with Crippen molar-refractivity contribution < 1.29 is 4.79 Å². The summed E-state index contributed by atoms with van der Waals surface area (Å²) in [6.45, 7) is 0.158. The summed E-state index contributed by atoms with van der Waals surface area (Å²) in [7, 11) is 0. The average Bonchev–Trinajstić information content (AvgIpc) is 2.61. The van der Waals surface area contributed by atoms with Crippen LogP contribution in [0.25, 0.3) is 0 Å². The fourth-order valence-corrected chi connectivity index (χ4v) is 3.51. The van der Waals surface area contributed by atoms with Gasteiger partial charge in [-0.3, -0.25) is 4.79 Å². The standard InChI is InChI=1S/C10H6Cl2N2OS2/c1-2-3-14-10(15)16-5-7(13-14)6-4-8(11)17-9(6)12/h1,4H,3,5H2. The lowest BCUT2D eigenvalue weighted by atomic mass is 10.2. The van der Waals surface area contributed by atoms with Gasteiger partial charge in [0.15, 0.2) is 0 Å². The number of hydrazone groups is 1. The summed E-state index contributed by atoms with van der Waals surface area (Å²) in [6, 6.07) is 1.75. The van der Waals surface area contributed by atoms with Crippen molar-refractivity contribution in [1.82, 2.24) is 5.01 Å². The lowest BCUT2D eigenvalue weighted by Gasteiger charge is -2.20. The van der Waals surface area contributed by atoms with E-state index in [9.17, 15) is 4.79 Å². The molecule has 3 nitrogen and oxygen atoms in total. The Hall–Kier alpha value is -0.670. The molecule has 7 heteroatoms. The predicted molar refractivity (Wildman–Crippen MR) is 74.3 cm³/mol. The second-order valence-corrected chi connectivity index (χ2v) is 6.31. The van der Waals surface area contributed by atoms with Gasteiger partial charge in [0.2, 0.25) is 0 Å². The smallest absolute Gasteiger partial charge is 0.260 e. The van der Waals surface area contributed by atoms with Crippen molar-refractivity contribution in [2.24, 2.45) is 5.10 Å². The summed E-state index contributed by atoms with van der Waals surface area (Å²) in [5, 5.41) is 5.30. The first-order valence-electron chi connectivity index (χ1n) is 4.52. The first kappa shape index (κ1) is 12.8. The van der Waals surface area contributed by atoms with Gasteiger partial charge in [0.25, 0.3) is 0 Å². The minimum absolute atomic E-state index is 0.149. The van der Waals surface area contributed by atoms with Gasteiger partial charge in [0.1, 0.15) is 10.9 Å². The second kappa shape index (κ2) is 5.32. The molecule has 1 amide bonds. The van der Waals surface area contributed by atoms with Crippen LogP contribution in [0.3, 0.4) is 0 Å². The number of hydrogen-bond acceptors (Lipinski definition) is 4. The van der Waals surface area contributed by atoms with Crippen molar-refractivity contribution in [2.45, 2.75) is 0 Å². The van der Waals surface area contributed by atoms with Crippen LogP contribution in [0.15, 0.2) is 11.2 Å². The Bertz CT molecular complexity index is 533. The molecule has 0 N–H and O–H groups in total. The molecule has 17 heavy (non-hydrogen) atoms. The van der Waals surface area contributed by atoms with E-state index in [1.54, 1.807) is 6.07 Å². The number of carbonyl (C=O) groups is 1. The van der Waals surface area contributed by atoms with E-state index in [2.05, 4.69) is 11.0 Å². The fourth-order valence-electron chi connectivity index (χ4n) is 1.28. The molecule has 0 saturated carbocycles. The maximum atomic E-state index is 11.5. The van der Waals surface area contributed by atoms with Gasteiger partial charge in [0.05, 0.1) is 10.0 Å². The molecule has 0 unspecified atom stereocenters. The number of terminal acetylenes is 1. The summed E-state index contributed by atoms with van der Waals surface area (Å²) in [5.41, 5.74) is 1.49. The molecule has 1 aromatic rings. The van der Waals surface area contributed by atoms with E-state index in [1.165, 1.54) is 16.3 Å². The molecule has 1 aliphatic heterocycles. The molecule has 1 aromatic heterocycles. The number of thiophene rings is 1. The predicted octanol–water partition coefficient (Wildman–Crippen LogP) is 3.56. The van der Waals surface area contributed by atoms with Crippen molar-refractivity contribution in [1.29, 1.82) is 0 Å². The minimum atomic E-state index is -0.149. The molecule has 0 radical (unpaired) electrons. The molecular weight excluding hydrogens is 299 g/mol. The third-order valence-corrected chi connectivity index (χ3v) is 4.36. The Balaban J connectivity index is 2.33. The monoisotopic (exact) mass is 304 g/mol. The molecule has 0 bridgehead atoms. The van der Waals surface area contributed by atoms with E-state index in [0.717, 1.165) is 23.0 Å². The van der Waals surface area contributed by atoms with E-state index in [4.69, 9.17) is 29.6 Å². The number of nitrogens with zero attached hydrogens (tertiary/aromatic N) is 2. The van der Waals surface area contributed by atoms with Crippen LogP contribution in [0, 0.1) is 12.3 Å². The lowest BCUT2D eigenvalue weighted by Crippen LogP contribution is -2.30. The van der Waals surface area contributed by atoms with Crippen LogP contribution in [-0.4, -0.2) is 28.3 Å². The van der Waals surface area contributed by atoms with Gasteiger partial charge in [0, 0.05) is 11.3 Å². The van der Waals surface area contributed by atoms with Crippen molar-refractivity contribution in [3.63, 3.8) is 0 Å². The van der Waals surface area contributed by atoms with Crippen molar-refractivity contribution in [3.05, 3.63) is 20.3 Å². The summed E-state index contributed by atoms with van der Waals surface area (Å²) >= 11 is 14.3. The molecule has 1 aliphatic rings. The number of hydrogen-bond donors (Lipinski definition) is 0. The van der Waals surface area contributed by atoms with Crippen molar-refractivity contribution >= 4 is 57.3 Å². The van der Waals surface area contributed by atoms with Gasteiger partial charge in [-0.25, -0.2) is 5.01 Å². The largest absolute Gasteiger partial charge is 0.303 e. The molecule has 0 atom stereocenters. The zero-order valence-corrected chi connectivity index (χ0v) is 11.6. The third-order valence-electron chi connectivity index (χ3n) is 1.99. The average molecular weight is 305 g/mol. The van der Waals surface area contributed by atoms with Gasteiger partial charge >= 0.3 is 5.24 Å². The molecule has 88 valence electrons. The number of halogens is 2. The molecule has 2 rings (SSSR count). The van der Waals surface area contributed by atoms with Gasteiger partial charge in [-0.05, 0) is 6.07 Å². The Morgan fingerprint density at radius 1 is 1.59 bits per heavy atom. The van der Waals surface area contributed by atoms with Crippen LogP contribution in [-0.2, 0) is 0 Å². The summed E-state index contributed by atoms with van der Waals surface area (Å²) in [5.74, 6) is 2.87. The van der Waals surface area contributed by atoms with E-state index < -0.39 is 0 Å². The quantitative estimate of drug-likeness (QED) is 0.783. The lowest BCUT2D eigenvalue weighted by molar-refractivity contribution is 0.231. The summed E-state index contributed by atoms with van der Waals surface area (Å²) < 4.78 is 1.17. The Kier molecular flexibility index (Phi) is 4.00. The van der Waals surface area contributed by atoms with Gasteiger partial charge in [-0.1, -0.05) is 40.9 Å². The summed E-state index contributed by atoms with van der Waals surface area (Å²) in [6.07, 6.45) is 5.17.